The van der Waals surface area contributed by atoms with Crippen molar-refractivity contribution in [2.45, 2.75) is 52.6 Å². The number of nitrogens with zero attached hydrogens (tertiary/aromatic N) is 1. The summed E-state index contributed by atoms with van der Waals surface area (Å²) >= 11 is 0. The maximum Gasteiger partial charge on any atom is 0.102 e. The van der Waals surface area contributed by atoms with E-state index in [0.717, 1.165) is 19.5 Å². The molecule has 1 rings (SSSR count). The highest BCUT2D eigenvalue weighted by Crippen LogP contribution is 2.29. The van der Waals surface area contributed by atoms with E-state index in [1.54, 1.807) is 0 Å². The fourth-order valence-electron chi connectivity index (χ4n) is 2.52. The Morgan fingerprint density at radius 1 is 1.44 bits per heavy atom. The molecule has 0 amide bonds. The molecule has 1 fully saturated rings. The zero-order valence-corrected chi connectivity index (χ0v) is 11.4. The van der Waals surface area contributed by atoms with Gasteiger partial charge in [-0.25, -0.2) is 4.39 Å². The van der Waals surface area contributed by atoms with Gasteiger partial charge in [-0.1, -0.05) is 27.7 Å². The lowest BCUT2D eigenvalue weighted by atomic mass is 9.81. The van der Waals surface area contributed by atoms with Gasteiger partial charge in [-0.2, -0.15) is 0 Å². The highest BCUT2D eigenvalue weighted by atomic mass is 19.1. The van der Waals surface area contributed by atoms with Crippen LogP contribution in [0, 0.1) is 5.41 Å². The lowest BCUT2D eigenvalue weighted by Crippen LogP contribution is -2.65. The van der Waals surface area contributed by atoms with Crippen LogP contribution in [0.15, 0.2) is 0 Å². The number of alkyl halides is 1. The molecule has 2 atom stereocenters. The predicted molar refractivity (Wildman–Crippen MR) is 67.5 cm³/mol. The first kappa shape index (κ1) is 13.9. The fourth-order valence-corrected chi connectivity index (χ4v) is 2.52. The molecule has 1 N–H and O–H groups in total. The van der Waals surface area contributed by atoms with Crippen molar-refractivity contribution < 1.29 is 4.39 Å². The lowest BCUT2D eigenvalue weighted by Gasteiger charge is -2.50. The molecule has 0 aromatic carbocycles. The molecule has 0 aromatic heterocycles. The van der Waals surface area contributed by atoms with Crippen LogP contribution in [0.1, 0.15) is 41.0 Å². The Balaban J connectivity index is 2.75. The Hall–Kier alpha value is -0.150. The Bertz CT molecular complexity index is 224. The summed E-state index contributed by atoms with van der Waals surface area (Å²) in [6, 6.07) is 0.433. The molecule has 1 aliphatic rings. The molecular formula is C13H27FN2. The van der Waals surface area contributed by atoms with Crippen molar-refractivity contribution in [2.75, 3.05) is 26.3 Å². The minimum absolute atomic E-state index is 0.150. The average molecular weight is 230 g/mol. The van der Waals surface area contributed by atoms with Gasteiger partial charge in [-0.15, -0.1) is 0 Å². The molecule has 0 aromatic rings. The smallest absolute Gasteiger partial charge is 0.102 e. The zero-order valence-electron chi connectivity index (χ0n) is 11.4. The molecule has 2 nitrogen and oxygen atoms in total. The zero-order chi connectivity index (χ0) is 12.4. The lowest BCUT2D eigenvalue weighted by molar-refractivity contribution is 0.0228. The summed E-state index contributed by atoms with van der Waals surface area (Å²) in [5.41, 5.74) is 0.355. The quantitative estimate of drug-likeness (QED) is 0.801. The van der Waals surface area contributed by atoms with Crippen LogP contribution in [0.25, 0.3) is 0 Å². The number of hydrogen-bond donors (Lipinski definition) is 1. The summed E-state index contributed by atoms with van der Waals surface area (Å²) in [5.74, 6) is 0. The van der Waals surface area contributed by atoms with Crippen molar-refractivity contribution in [3.8, 4) is 0 Å². The number of halogens is 1. The van der Waals surface area contributed by atoms with Crippen molar-refractivity contribution in [2.24, 2.45) is 5.41 Å². The molecule has 2 unspecified atom stereocenters. The molecule has 0 bridgehead atoms. The van der Waals surface area contributed by atoms with Gasteiger partial charge in [0.25, 0.3) is 0 Å². The van der Waals surface area contributed by atoms with Crippen LogP contribution in [-0.2, 0) is 0 Å². The molecule has 3 heteroatoms. The van der Waals surface area contributed by atoms with Crippen molar-refractivity contribution in [3.63, 3.8) is 0 Å². The fraction of sp³-hybridized carbons (Fsp3) is 1.00. The Morgan fingerprint density at radius 2 is 2.06 bits per heavy atom. The van der Waals surface area contributed by atoms with E-state index in [1.807, 2.05) is 0 Å². The van der Waals surface area contributed by atoms with E-state index in [9.17, 15) is 4.39 Å². The molecule has 0 aliphatic carbocycles. The van der Waals surface area contributed by atoms with Crippen molar-refractivity contribution >= 4 is 0 Å². The maximum absolute atomic E-state index is 12.6. The minimum atomic E-state index is -0.244. The molecule has 96 valence electrons. The molecule has 0 saturated carbocycles. The second-order valence-corrected chi connectivity index (χ2v) is 6.34. The average Bonchev–Trinajstić information content (AvgIpc) is 2.16. The number of nitrogens with one attached hydrogen (secondary N) is 1. The highest BCUT2D eigenvalue weighted by molar-refractivity contribution is 4.98. The van der Waals surface area contributed by atoms with Crippen LogP contribution in [0.2, 0.25) is 0 Å². The van der Waals surface area contributed by atoms with Gasteiger partial charge in [-0.05, 0) is 18.8 Å². The molecule has 0 spiro atoms. The summed E-state index contributed by atoms with van der Waals surface area (Å²) < 4.78 is 12.6. The van der Waals surface area contributed by atoms with Gasteiger partial charge in [0.2, 0.25) is 0 Å². The van der Waals surface area contributed by atoms with Crippen LogP contribution < -0.4 is 5.32 Å². The van der Waals surface area contributed by atoms with E-state index in [2.05, 4.69) is 44.8 Å². The maximum atomic E-state index is 12.6. The van der Waals surface area contributed by atoms with Gasteiger partial charge < -0.3 is 5.32 Å². The molecular weight excluding hydrogens is 203 g/mol. The van der Waals surface area contributed by atoms with Gasteiger partial charge in [0.1, 0.15) is 6.67 Å². The van der Waals surface area contributed by atoms with Gasteiger partial charge in [0.05, 0.1) is 0 Å². The first-order valence-corrected chi connectivity index (χ1v) is 6.37. The summed E-state index contributed by atoms with van der Waals surface area (Å²) in [4.78, 5) is 2.32. The van der Waals surface area contributed by atoms with Crippen molar-refractivity contribution in [3.05, 3.63) is 0 Å². The van der Waals surface area contributed by atoms with Gasteiger partial charge in [0, 0.05) is 31.2 Å². The monoisotopic (exact) mass is 230 g/mol. The van der Waals surface area contributed by atoms with Crippen LogP contribution in [0.4, 0.5) is 4.39 Å². The summed E-state index contributed by atoms with van der Waals surface area (Å²) in [5, 5.41) is 3.63. The van der Waals surface area contributed by atoms with Gasteiger partial charge in [0.15, 0.2) is 0 Å². The summed E-state index contributed by atoms with van der Waals surface area (Å²) in [6.45, 7) is 13.4. The van der Waals surface area contributed by atoms with Crippen LogP contribution >= 0.6 is 0 Å². The summed E-state index contributed by atoms with van der Waals surface area (Å²) in [7, 11) is 0. The Labute approximate surface area is 99.6 Å². The van der Waals surface area contributed by atoms with E-state index in [0.29, 0.717) is 12.6 Å². The second kappa shape index (κ2) is 5.01. The van der Waals surface area contributed by atoms with E-state index in [4.69, 9.17) is 0 Å². The Kier molecular flexibility index (Phi) is 4.35. The van der Waals surface area contributed by atoms with Gasteiger partial charge >= 0.3 is 0 Å². The van der Waals surface area contributed by atoms with Crippen molar-refractivity contribution in [1.82, 2.24) is 10.2 Å². The van der Waals surface area contributed by atoms with Crippen LogP contribution in [-0.4, -0.2) is 42.8 Å². The third-order valence-corrected chi connectivity index (χ3v) is 3.87. The topological polar surface area (TPSA) is 15.3 Å². The highest BCUT2D eigenvalue weighted by Gasteiger charge is 2.39. The first-order valence-electron chi connectivity index (χ1n) is 6.37. The second-order valence-electron chi connectivity index (χ2n) is 6.34. The van der Waals surface area contributed by atoms with Crippen LogP contribution in [0.3, 0.4) is 0 Å². The van der Waals surface area contributed by atoms with Gasteiger partial charge in [-0.3, -0.25) is 4.90 Å². The third-order valence-electron chi connectivity index (χ3n) is 3.87. The molecule has 1 heterocycles. The third kappa shape index (κ3) is 3.17. The molecule has 16 heavy (non-hydrogen) atoms. The number of piperazine rings is 1. The largest absolute Gasteiger partial charge is 0.309 e. The molecule has 1 aliphatic heterocycles. The van der Waals surface area contributed by atoms with E-state index in [-0.39, 0.29) is 17.6 Å². The molecule has 1 saturated heterocycles. The number of hydrogen-bond acceptors (Lipinski definition) is 2. The predicted octanol–water partition coefficient (Wildman–Crippen LogP) is 2.44. The van der Waals surface area contributed by atoms with E-state index in [1.165, 1.54) is 0 Å². The summed E-state index contributed by atoms with van der Waals surface area (Å²) in [6.07, 6.45) is 1.09. The van der Waals surface area contributed by atoms with Crippen molar-refractivity contribution in [1.29, 1.82) is 0 Å². The van der Waals surface area contributed by atoms with Crippen LogP contribution in [0.5, 0.6) is 0 Å². The SMILES string of the molecule is CCC1(C)CN(CCF)C(C(C)(C)C)CN1. The molecule has 0 radical (unpaired) electrons. The first-order chi connectivity index (χ1) is 7.32. The van der Waals surface area contributed by atoms with E-state index >= 15 is 0 Å². The Morgan fingerprint density at radius 3 is 2.50 bits per heavy atom. The minimum Gasteiger partial charge on any atom is -0.309 e. The standard InChI is InChI=1S/C13H27FN2/c1-6-13(5)10-16(8-7-14)11(9-15-13)12(2,3)4/h11,15H,6-10H2,1-5H3. The van der Waals surface area contributed by atoms with E-state index < -0.39 is 0 Å². The normalized spacial score (nSPS) is 33.0. The number of rotatable bonds is 3.